The van der Waals surface area contributed by atoms with Crippen LogP contribution < -0.4 is 20.7 Å². The Balaban J connectivity index is 1.88. The predicted octanol–water partition coefficient (Wildman–Crippen LogP) is -1.16. The molecule has 1 aromatic carbocycles. The van der Waals surface area contributed by atoms with Gasteiger partial charge >= 0.3 is 0 Å². The molecule has 0 aromatic heterocycles. The fraction of sp³-hybridized carbons (Fsp3) is 0.533. The van der Waals surface area contributed by atoms with E-state index in [4.69, 9.17) is 38.4 Å². The summed E-state index contributed by atoms with van der Waals surface area (Å²) in [6.45, 7) is 6.33. The monoisotopic (exact) mass is 363 g/mol. The third-order valence-corrected chi connectivity index (χ3v) is 4.21. The van der Waals surface area contributed by atoms with E-state index in [-0.39, 0.29) is 6.61 Å². The van der Waals surface area contributed by atoms with Crippen LogP contribution in [0.5, 0.6) is 5.75 Å². The van der Waals surface area contributed by atoms with Crippen molar-refractivity contribution in [2.75, 3.05) is 46.0 Å². The Hall–Kier alpha value is -1.05. The van der Waals surface area contributed by atoms with Crippen molar-refractivity contribution in [2.45, 2.75) is 6.54 Å². The Labute approximate surface area is 145 Å². The molecule has 0 spiro atoms. The van der Waals surface area contributed by atoms with E-state index < -0.39 is 5.91 Å². The molecule has 1 amide bonds. The summed E-state index contributed by atoms with van der Waals surface area (Å²) in [5.41, 5.74) is 5.98. The van der Waals surface area contributed by atoms with Gasteiger partial charge < -0.3 is 25.4 Å². The van der Waals surface area contributed by atoms with Crippen LogP contribution >= 0.6 is 23.2 Å². The van der Waals surface area contributed by atoms with Crippen LogP contribution in [0, 0.1) is 0 Å². The number of amides is 1. The molecule has 1 aromatic rings. The molecule has 1 aliphatic heterocycles. The average molecular weight is 364 g/mol. The smallest absolute Gasteiger partial charge is 0.255 e. The van der Waals surface area contributed by atoms with Crippen LogP contribution in [0.1, 0.15) is 5.56 Å². The van der Waals surface area contributed by atoms with Crippen molar-refractivity contribution in [3.8, 4) is 5.75 Å². The minimum Gasteiger partial charge on any atom is -0.482 e. The number of carbonyl (C=O) groups is 1. The minimum atomic E-state index is -0.540. The number of hydrogen-bond donors (Lipinski definition) is 3. The quantitative estimate of drug-likeness (QED) is 0.509. The maximum atomic E-state index is 10.9. The molecule has 1 saturated heterocycles. The lowest BCUT2D eigenvalue weighted by molar-refractivity contribution is -0.920. The second-order valence-corrected chi connectivity index (χ2v) is 6.37. The molecule has 0 atom stereocenters. The van der Waals surface area contributed by atoms with Gasteiger partial charge in [-0.2, -0.15) is 0 Å². The van der Waals surface area contributed by atoms with Gasteiger partial charge in [-0.15, -0.1) is 0 Å². The predicted molar refractivity (Wildman–Crippen MR) is 88.0 cm³/mol. The molecule has 0 bridgehead atoms. The van der Waals surface area contributed by atoms with Gasteiger partial charge in [-0.05, 0) is 12.1 Å². The molecule has 5 N–H and O–H groups in total. The zero-order valence-electron chi connectivity index (χ0n) is 12.9. The summed E-state index contributed by atoms with van der Waals surface area (Å²) in [6.07, 6.45) is 0. The second-order valence-electron chi connectivity index (χ2n) is 5.52. The number of ether oxygens (including phenoxy) is 2. The summed E-state index contributed by atoms with van der Waals surface area (Å²) in [5.74, 6) is -0.0632. The molecule has 8 heteroatoms. The topological polar surface area (TPSA) is 82.6 Å². The highest BCUT2D eigenvalue weighted by molar-refractivity contribution is 6.35. The van der Waals surface area contributed by atoms with Gasteiger partial charge in [0.05, 0.1) is 23.8 Å². The molecule has 0 aliphatic carbocycles. The molecular formula is C15H23Cl2N3O3+2. The Bertz CT molecular complexity index is 537. The van der Waals surface area contributed by atoms with E-state index in [9.17, 15) is 4.79 Å². The van der Waals surface area contributed by atoms with Gasteiger partial charge in [-0.25, -0.2) is 0 Å². The molecule has 0 radical (unpaired) electrons. The molecule has 6 nitrogen and oxygen atoms in total. The summed E-state index contributed by atoms with van der Waals surface area (Å²) in [6, 6.07) is 3.41. The Morgan fingerprint density at radius 1 is 1.35 bits per heavy atom. The van der Waals surface area contributed by atoms with Gasteiger partial charge in [-0.3, -0.25) is 4.79 Å². The van der Waals surface area contributed by atoms with Crippen molar-refractivity contribution in [1.82, 2.24) is 0 Å². The Kier molecular flexibility index (Phi) is 7.39. The SMILES string of the molecule is NC(=O)COc1c(Cl)cc(Cl)cc1C[NH2+]CC[NH+]1CCOCC1. The van der Waals surface area contributed by atoms with E-state index in [1.54, 1.807) is 11.0 Å². The van der Waals surface area contributed by atoms with Gasteiger partial charge in [0.2, 0.25) is 0 Å². The number of benzene rings is 1. The van der Waals surface area contributed by atoms with E-state index >= 15 is 0 Å². The van der Waals surface area contributed by atoms with E-state index in [0.29, 0.717) is 22.3 Å². The van der Waals surface area contributed by atoms with E-state index in [2.05, 4.69) is 5.32 Å². The minimum absolute atomic E-state index is 0.202. The number of rotatable bonds is 8. The molecule has 0 saturated carbocycles. The van der Waals surface area contributed by atoms with Crippen molar-refractivity contribution in [3.63, 3.8) is 0 Å². The van der Waals surface area contributed by atoms with Crippen molar-refractivity contribution < 1.29 is 24.5 Å². The van der Waals surface area contributed by atoms with Gasteiger partial charge in [0.1, 0.15) is 38.5 Å². The Morgan fingerprint density at radius 3 is 2.78 bits per heavy atom. The number of morpholine rings is 1. The van der Waals surface area contributed by atoms with Gasteiger partial charge in [-0.1, -0.05) is 23.2 Å². The molecule has 2 rings (SSSR count). The number of halogens is 2. The number of quaternary nitrogens is 2. The normalized spacial score (nSPS) is 15.6. The molecule has 1 fully saturated rings. The largest absolute Gasteiger partial charge is 0.482 e. The van der Waals surface area contributed by atoms with Crippen LogP contribution in [-0.2, 0) is 16.1 Å². The lowest BCUT2D eigenvalue weighted by Gasteiger charge is -2.23. The molecule has 1 aliphatic rings. The van der Waals surface area contributed by atoms with Crippen LogP contribution in [0.3, 0.4) is 0 Å². The first-order valence-corrected chi connectivity index (χ1v) is 8.44. The van der Waals surface area contributed by atoms with Crippen molar-refractivity contribution in [1.29, 1.82) is 0 Å². The van der Waals surface area contributed by atoms with Crippen LogP contribution in [0.25, 0.3) is 0 Å². The standard InChI is InChI=1S/C15H21Cl2N3O3/c16-12-7-11(15(13(17)8-12)23-10-14(18)21)9-19-1-2-20-3-5-22-6-4-20/h7-8,19H,1-6,9-10H2,(H2,18,21)/p+2. The zero-order chi connectivity index (χ0) is 16.7. The van der Waals surface area contributed by atoms with Crippen molar-refractivity contribution >= 4 is 29.1 Å². The highest BCUT2D eigenvalue weighted by Gasteiger charge is 2.16. The third kappa shape index (κ3) is 6.16. The van der Waals surface area contributed by atoms with E-state index in [0.717, 1.165) is 45.0 Å². The van der Waals surface area contributed by atoms with Crippen LogP contribution in [-0.4, -0.2) is 51.9 Å². The lowest BCUT2D eigenvalue weighted by Crippen LogP contribution is -3.16. The van der Waals surface area contributed by atoms with Crippen molar-refractivity contribution in [2.24, 2.45) is 5.73 Å². The van der Waals surface area contributed by atoms with Gasteiger partial charge in [0.15, 0.2) is 6.61 Å². The highest BCUT2D eigenvalue weighted by Crippen LogP contribution is 2.31. The molecular weight excluding hydrogens is 341 g/mol. The summed E-state index contributed by atoms with van der Waals surface area (Å²) >= 11 is 12.2. The summed E-state index contributed by atoms with van der Waals surface area (Å²) in [4.78, 5) is 12.5. The highest BCUT2D eigenvalue weighted by atomic mass is 35.5. The second kappa shape index (κ2) is 9.30. The molecule has 1 heterocycles. The van der Waals surface area contributed by atoms with Crippen molar-refractivity contribution in [3.05, 3.63) is 27.7 Å². The average Bonchev–Trinajstić information content (AvgIpc) is 2.51. The molecule has 23 heavy (non-hydrogen) atoms. The van der Waals surface area contributed by atoms with Gasteiger partial charge in [0, 0.05) is 5.02 Å². The van der Waals surface area contributed by atoms with Crippen LogP contribution in [0.2, 0.25) is 10.0 Å². The van der Waals surface area contributed by atoms with E-state index in [1.165, 1.54) is 0 Å². The lowest BCUT2D eigenvalue weighted by atomic mass is 10.2. The van der Waals surface area contributed by atoms with Crippen LogP contribution in [0.4, 0.5) is 0 Å². The number of nitrogens with two attached hydrogens (primary N) is 2. The number of primary amides is 1. The van der Waals surface area contributed by atoms with Crippen LogP contribution in [0.15, 0.2) is 12.1 Å². The van der Waals surface area contributed by atoms with Gasteiger partial charge in [0.25, 0.3) is 5.91 Å². The maximum Gasteiger partial charge on any atom is 0.255 e. The fourth-order valence-corrected chi connectivity index (χ4v) is 3.13. The zero-order valence-corrected chi connectivity index (χ0v) is 14.5. The first kappa shape index (κ1) is 18.3. The molecule has 0 unspecified atom stereocenters. The number of hydrogen-bond acceptors (Lipinski definition) is 3. The third-order valence-electron chi connectivity index (χ3n) is 3.71. The fourth-order valence-electron chi connectivity index (χ4n) is 2.54. The first-order valence-electron chi connectivity index (χ1n) is 7.68. The molecule has 128 valence electrons. The summed E-state index contributed by atoms with van der Waals surface area (Å²) in [7, 11) is 0. The number of nitrogens with one attached hydrogen (secondary N) is 1. The number of carbonyl (C=O) groups excluding carboxylic acids is 1. The Morgan fingerprint density at radius 2 is 2.09 bits per heavy atom. The maximum absolute atomic E-state index is 10.9. The van der Waals surface area contributed by atoms with E-state index in [1.807, 2.05) is 6.07 Å². The summed E-state index contributed by atoms with van der Waals surface area (Å²) < 4.78 is 10.8. The summed E-state index contributed by atoms with van der Waals surface area (Å²) in [5, 5.41) is 3.12. The first-order chi connectivity index (χ1) is 11.1.